The van der Waals surface area contributed by atoms with E-state index in [-0.39, 0.29) is 5.56 Å². The molecule has 6 heteroatoms. The van der Waals surface area contributed by atoms with Gasteiger partial charge in [0.25, 0.3) is 11.8 Å². The van der Waals surface area contributed by atoms with E-state index in [1.807, 2.05) is 0 Å². The second-order valence-electron chi connectivity index (χ2n) is 5.22. The van der Waals surface area contributed by atoms with Gasteiger partial charge in [0.1, 0.15) is 0 Å². The maximum atomic E-state index is 12.3. The van der Waals surface area contributed by atoms with E-state index in [2.05, 4.69) is 0 Å². The van der Waals surface area contributed by atoms with Gasteiger partial charge in [0.2, 0.25) is 0 Å². The summed E-state index contributed by atoms with van der Waals surface area (Å²) in [6.45, 7) is 0. The van der Waals surface area contributed by atoms with Crippen LogP contribution in [0.15, 0.2) is 42.5 Å². The van der Waals surface area contributed by atoms with E-state index in [1.54, 1.807) is 42.5 Å². The van der Waals surface area contributed by atoms with Crippen molar-refractivity contribution in [3.8, 4) is 0 Å². The van der Waals surface area contributed by atoms with E-state index in [0.717, 1.165) is 0 Å². The molecule has 3 aliphatic rings. The number of hydrogen-bond donors (Lipinski definition) is 0. The molecule has 2 bridgehead atoms. The zero-order valence-corrected chi connectivity index (χ0v) is 10.8. The highest BCUT2D eigenvalue weighted by Crippen LogP contribution is 2.45. The molecule has 4 atom stereocenters. The van der Waals surface area contributed by atoms with Crippen LogP contribution >= 0.6 is 0 Å². The van der Waals surface area contributed by atoms with Crippen LogP contribution in [0.4, 0.5) is 0 Å². The largest absolute Gasteiger partial charge is 0.365 e. The van der Waals surface area contributed by atoms with Crippen molar-refractivity contribution in [1.82, 2.24) is 5.06 Å². The molecule has 0 aliphatic carbocycles. The fourth-order valence-corrected chi connectivity index (χ4v) is 3.08. The molecule has 2 amide bonds. The molecular weight excluding hydrogens is 274 g/mol. The molecular formula is C15H11NO5. The van der Waals surface area contributed by atoms with Crippen LogP contribution < -0.4 is 0 Å². The van der Waals surface area contributed by atoms with Crippen molar-refractivity contribution in [3.05, 3.63) is 48.0 Å². The van der Waals surface area contributed by atoms with Crippen LogP contribution in [0.1, 0.15) is 10.4 Å². The third kappa shape index (κ3) is 1.66. The highest BCUT2D eigenvalue weighted by atomic mass is 16.7. The molecule has 0 unspecified atom stereocenters. The van der Waals surface area contributed by atoms with Crippen molar-refractivity contribution in [3.63, 3.8) is 0 Å². The Hall–Kier alpha value is -2.47. The number of carbonyl (C=O) groups is 3. The smallest absolute Gasteiger partial charge is 0.363 e. The van der Waals surface area contributed by atoms with Crippen LogP contribution in [0.5, 0.6) is 0 Å². The minimum absolute atomic E-state index is 0.285. The van der Waals surface area contributed by atoms with Crippen LogP contribution in [-0.2, 0) is 19.2 Å². The SMILES string of the molecule is O=C(ON1C(=O)[C@@H]2[C@@H](C1=O)[C@@H]1C=C[C@@H]2O1)c1ccccc1. The number of amides is 2. The Morgan fingerprint density at radius 2 is 1.57 bits per heavy atom. The number of nitrogens with zero attached hydrogens (tertiary/aromatic N) is 1. The molecule has 0 saturated carbocycles. The highest BCUT2D eigenvalue weighted by molar-refractivity contribution is 6.07. The van der Waals surface area contributed by atoms with Gasteiger partial charge >= 0.3 is 5.97 Å². The number of carbonyl (C=O) groups excluding carboxylic acids is 3. The Bertz CT molecular complexity index is 638. The second-order valence-corrected chi connectivity index (χ2v) is 5.22. The fourth-order valence-electron chi connectivity index (χ4n) is 3.08. The number of ether oxygens (including phenoxy) is 1. The summed E-state index contributed by atoms with van der Waals surface area (Å²) in [6.07, 6.45) is 2.77. The molecule has 6 nitrogen and oxygen atoms in total. The van der Waals surface area contributed by atoms with Gasteiger partial charge < -0.3 is 9.57 Å². The summed E-state index contributed by atoms with van der Waals surface area (Å²) in [7, 11) is 0. The summed E-state index contributed by atoms with van der Waals surface area (Å²) in [6, 6.07) is 8.23. The maximum Gasteiger partial charge on any atom is 0.363 e. The number of hydrogen-bond acceptors (Lipinski definition) is 5. The summed E-state index contributed by atoms with van der Waals surface area (Å²) in [5.41, 5.74) is 0.285. The average molecular weight is 285 g/mol. The summed E-state index contributed by atoms with van der Waals surface area (Å²) in [5, 5.41) is 0.597. The average Bonchev–Trinajstić information content (AvgIpc) is 3.18. The number of fused-ring (bicyclic) bond motifs is 5. The summed E-state index contributed by atoms with van der Waals surface area (Å²) < 4.78 is 5.50. The summed E-state index contributed by atoms with van der Waals surface area (Å²) in [4.78, 5) is 41.5. The molecule has 3 aliphatic heterocycles. The van der Waals surface area contributed by atoms with Crippen molar-refractivity contribution in [2.75, 3.05) is 0 Å². The first-order chi connectivity index (χ1) is 10.2. The molecule has 1 aromatic carbocycles. The topological polar surface area (TPSA) is 72.9 Å². The number of rotatable bonds is 2. The first-order valence-electron chi connectivity index (χ1n) is 6.66. The van der Waals surface area contributed by atoms with Crippen molar-refractivity contribution < 1.29 is 24.0 Å². The summed E-state index contributed by atoms with van der Waals surface area (Å²) >= 11 is 0. The van der Waals surface area contributed by atoms with Crippen LogP contribution in [0.25, 0.3) is 0 Å². The molecule has 0 radical (unpaired) electrons. The molecule has 4 rings (SSSR count). The minimum Gasteiger partial charge on any atom is -0.365 e. The molecule has 106 valence electrons. The Kier molecular flexibility index (Phi) is 2.49. The van der Waals surface area contributed by atoms with Gasteiger partial charge in [-0.2, -0.15) is 0 Å². The van der Waals surface area contributed by atoms with Crippen LogP contribution in [0.3, 0.4) is 0 Å². The Balaban J connectivity index is 1.56. The van der Waals surface area contributed by atoms with Crippen molar-refractivity contribution in [1.29, 1.82) is 0 Å². The van der Waals surface area contributed by atoms with Crippen molar-refractivity contribution in [2.45, 2.75) is 12.2 Å². The Labute approximate surface area is 119 Å². The van der Waals surface area contributed by atoms with E-state index >= 15 is 0 Å². The predicted molar refractivity (Wildman–Crippen MR) is 68.5 cm³/mol. The quantitative estimate of drug-likeness (QED) is 0.590. The Morgan fingerprint density at radius 1 is 1.00 bits per heavy atom. The highest BCUT2D eigenvalue weighted by Gasteiger charge is 2.62. The maximum absolute atomic E-state index is 12.3. The molecule has 0 aromatic heterocycles. The van der Waals surface area contributed by atoms with Crippen molar-refractivity contribution in [2.24, 2.45) is 11.8 Å². The van der Waals surface area contributed by atoms with Gasteiger partial charge in [-0.25, -0.2) is 4.79 Å². The predicted octanol–water partition coefficient (Wildman–Crippen LogP) is 0.697. The van der Waals surface area contributed by atoms with Gasteiger partial charge in [-0.1, -0.05) is 30.4 Å². The normalized spacial score (nSPS) is 32.7. The van der Waals surface area contributed by atoms with E-state index in [4.69, 9.17) is 9.57 Å². The zero-order valence-electron chi connectivity index (χ0n) is 10.8. The van der Waals surface area contributed by atoms with Crippen LogP contribution in [-0.4, -0.2) is 35.1 Å². The standard InChI is InChI=1S/C15H11NO5/c17-13-11-9-6-7-10(20-9)12(11)14(18)16(13)21-15(19)8-4-2-1-3-5-8/h1-7,9-12H/t9-,10-,11-,12-/m0/s1. The van der Waals surface area contributed by atoms with Gasteiger partial charge in [0.05, 0.1) is 29.6 Å². The second kappa shape index (κ2) is 4.26. The molecule has 3 heterocycles. The Morgan fingerprint density at radius 3 is 2.14 bits per heavy atom. The van der Waals surface area contributed by atoms with Crippen LogP contribution in [0.2, 0.25) is 0 Å². The number of imide groups is 1. The molecule has 1 aromatic rings. The molecule has 21 heavy (non-hydrogen) atoms. The van der Waals surface area contributed by atoms with E-state index in [0.29, 0.717) is 5.06 Å². The molecule has 2 fully saturated rings. The molecule has 0 spiro atoms. The monoisotopic (exact) mass is 285 g/mol. The van der Waals surface area contributed by atoms with E-state index in [9.17, 15) is 14.4 Å². The first kappa shape index (κ1) is 12.3. The van der Waals surface area contributed by atoms with E-state index < -0.39 is 41.8 Å². The van der Waals surface area contributed by atoms with Gasteiger partial charge in [-0.15, -0.1) is 5.06 Å². The first-order valence-corrected chi connectivity index (χ1v) is 6.66. The molecule has 0 N–H and O–H groups in total. The van der Waals surface area contributed by atoms with Gasteiger partial charge in [0, 0.05) is 0 Å². The van der Waals surface area contributed by atoms with Gasteiger partial charge in [0.15, 0.2) is 0 Å². The fraction of sp³-hybridized carbons (Fsp3) is 0.267. The molecule has 2 saturated heterocycles. The lowest BCUT2D eigenvalue weighted by Gasteiger charge is -2.16. The summed E-state index contributed by atoms with van der Waals surface area (Å²) in [5.74, 6) is -2.89. The van der Waals surface area contributed by atoms with Crippen molar-refractivity contribution >= 4 is 17.8 Å². The van der Waals surface area contributed by atoms with Gasteiger partial charge in [-0.3, -0.25) is 9.59 Å². The minimum atomic E-state index is -0.724. The zero-order chi connectivity index (χ0) is 14.6. The third-order valence-corrected chi connectivity index (χ3v) is 4.05. The lowest BCUT2D eigenvalue weighted by atomic mass is 9.85. The number of hydroxylamine groups is 2. The number of benzene rings is 1. The lowest BCUT2D eigenvalue weighted by molar-refractivity contribution is -0.177. The van der Waals surface area contributed by atoms with Crippen LogP contribution in [0, 0.1) is 11.8 Å². The lowest BCUT2D eigenvalue weighted by Crippen LogP contribution is -2.36. The van der Waals surface area contributed by atoms with E-state index in [1.165, 1.54) is 0 Å². The third-order valence-electron chi connectivity index (χ3n) is 4.05. The van der Waals surface area contributed by atoms with Gasteiger partial charge in [-0.05, 0) is 12.1 Å².